The SMILES string of the molecule is COCOc1c(P(C2CCCCC2)C2CCCCC2)c(-c2c(C(C)C)cc(C(C)C)cc2C(C)C)cc(-c2c(C(C)C)cc(C(C)C)cc2C(C)C)c1P(C1CCCCC1)C1CCCCC1. The zero-order valence-corrected chi connectivity index (χ0v) is 46.5. The average molecular weight is 935 g/mol. The Kier molecular flexibility index (Phi) is 18.9. The van der Waals surface area contributed by atoms with Crippen LogP contribution in [0.25, 0.3) is 22.3 Å². The van der Waals surface area contributed by atoms with E-state index < -0.39 is 15.8 Å². The van der Waals surface area contributed by atoms with Crippen LogP contribution in [0.15, 0.2) is 30.3 Å². The van der Waals surface area contributed by atoms with Gasteiger partial charge in [0.15, 0.2) is 6.79 Å². The summed E-state index contributed by atoms with van der Waals surface area (Å²) >= 11 is 0. The molecule has 2 nitrogen and oxygen atoms in total. The third-order valence-electron chi connectivity index (χ3n) is 16.7. The minimum absolute atomic E-state index is 0.320. The monoisotopic (exact) mass is 935 g/mol. The molecule has 4 heteroatoms. The van der Waals surface area contributed by atoms with Gasteiger partial charge in [0.05, 0.1) is 0 Å². The molecule has 4 aliphatic rings. The summed E-state index contributed by atoms with van der Waals surface area (Å²) in [6, 6.07) is 13.6. The van der Waals surface area contributed by atoms with E-state index in [2.05, 4.69) is 113 Å². The third kappa shape index (κ3) is 11.6. The molecule has 7 rings (SSSR count). The van der Waals surface area contributed by atoms with E-state index in [0.717, 1.165) is 22.6 Å². The fraction of sp³-hybridized carbons (Fsp3) is 0.710. The molecule has 66 heavy (non-hydrogen) atoms. The molecule has 4 aliphatic carbocycles. The summed E-state index contributed by atoms with van der Waals surface area (Å²) in [7, 11) is 0.809. The quantitative estimate of drug-likeness (QED) is 0.0992. The Labute approximate surface area is 409 Å². The van der Waals surface area contributed by atoms with Crippen LogP contribution in [-0.2, 0) is 4.74 Å². The van der Waals surface area contributed by atoms with Crippen molar-refractivity contribution in [3.63, 3.8) is 0 Å². The highest BCUT2D eigenvalue weighted by Gasteiger charge is 2.43. The van der Waals surface area contributed by atoms with E-state index in [-0.39, 0.29) is 0 Å². The molecule has 4 fully saturated rings. The van der Waals surface area contributed by atoms with Gasteiger partial charge in [-0.2, -0.15) is 0 Å². The number of hydrogen-bond acceptors (Lipinski definition) is 2. The van der Waals surface area contributed by atoms with E-state index in [1.165, 1.54) is 145 Å². The Balaban J connectivity index is 1.77. The highest BCUT2D eigenvalue weighted by molar-refractivity contribution is 7.69. The minimum Gasteiger partial charge on any atom is -0.466 e. The summed E-state index contributed by atoms with van der Waals surface area (Å²) in [6.07, 6.45) is 27.8. The highest BCUT2D eigenvalue weighted by atomic mass is 31.1. The van der Waals surface area contributed by atoms with Crippen LogP contribution in [0.1, 0.15) is 280 Å². The van der Waals surface area contributed by atoms with E-state index in [4.69, 9.17) is 9.47 Å². The first-order valence-electron chi connectivity index (χ1n) is 28.0. The minimum atomic E-state index is -0.539. The van der Waals surface area contributed by atoms with Crippen LogP contribution in [0.3, 0.4) is 0 Å². The van der Waals surface area contributed by atoms with Gasteiger partial charge in [0, 0.05) is 17.7 Å². The van der Waals surface area contributed by atoms with E-state index >= 15 is 0 Å². The van der Waals surface area contributed by atoms with E-state index in [9.17, 15) is 0 Å². The summed E-state index contributed by atoms with van der Waals surface area (Å²) in [5.41, 5.74) is 18.4. The second-order valence-corrected chi connectivity index (χ2v) is 29.1. The van der Waals surface area contributed by atoms with Gasteiger partial charge in [-0.1, -0.05) is 200 Å². The molecule has 0 heterocycles. The normalized spacial score (nSPS) is 19.0. The first-order valence-corrected chi connectivity index (χ1v) is 30.9. The lowest BCUT2D eigenvalue weighted by Crippen LogP contribution is -2.34. The first kappa shape index (κ1) is 52.1. The van der Waals surface area contributed by atoms with Crippen molar-refractivity contribution in [2.24, 2.45) is 0 Å². The molecule has 0 unspecified atom stereocenters. The van der Waals surface area contributed by atoms with Gasteiger partial charge in [-0.15, -0.1) is 0 Å². The number of methoxy groups -OCH3 is 1. The van der Waals surface area contributed by atoms with Crippen LogP contribution in [0.4, 0.5) is 0 Å². The van der Waals surface area contributed by atoms with Crippen LogP contribution in [0.5, 0.6) is 5.75 Å². The molecular formula is C62H96O2P2. The predicted molar refractivity (Wildman–Crippen MR) is 295 cm³/mol. The van der Waals surface area contributed by atoms with Gasteiger partial charge in [-0.05, 0) is 171 Å². The number of ether oxygens (including phenoxy) is 2. The van der Waals surface area contributed by atoms with Crippen molar-refractivity contribution in [2.75, 3.05) is 13.9 Å². The van der Waals surface area contributed by atoms with Crippen molar-refractivity contribution in [1.29, 1.82) is 0 Å². The molecule has 0 radical (unpaired) electrons. The molecule has 0 spiro atoms. The summed E-state index contributed by atoms with van der Waals surface area (Å²) in [5.74, 6) is 3.88. The van der Waals surface area contributed by atoms with Crippen molar-refractivity contribution in [3.05, 3.63) is 63.7 Å². The van der Waals surface area contributed by atoms with Crippen molar-refractivity contribution < 1.29 is 9.47 Å². The van der Waals surface area contributed by atoms with Crippen molar-refractivity contribution in [3.8, 4) is 28.0 Å². The first-order chi connectivity index (χ1) is 31.7. The number of rotatable bonds is 17. The van der Waals surface area contributed by atoms with Gasteiger partial charge < -0.3 is 9.47 Å². The highest BCUT2D eigenvalue weighted by Crippen LogP contribution is 2.63. The fourth-order valence-electron chi connectivity index (χ4n) is 13.1. The molecule has 3 aromatic carbocycles. The van der Waals surface area contributed by atoms with Gasteiger partial charge >= 0.3 is 0 Å². The van der Waals surface area contributed by atoms with Crippen molar-refractivity contribution in [1.82, 2.24) is 0 Å². The average Bonchev–Trinajstić information content (AvgIpc) is 3.31. The number of hydrogen-bond donors (Lipinski definition) is 0. The maximum Gasteiger partial charge on any atom is 0.188 e. The van der Waals surface area contributed by atoms with Crippen LogP contribution in [0, 0.1) is 0 Å². The Morgan fingerprint density at radius 3 is 0.894 bits per heavy atom. The molecule has 0 aromatic heterocycles. The van der Waals surface area contributed by atoms with Gasteiger partial charge in [0.1, 0.15) is 5.75 Å². The lowest BCUT2D eigenvalue weighted by molar-refractivity contribution is 0.0526. The van der Waals surface area contributed by atoms with Gasteiger partial charge in [-0.3, -0.25) is 0 Å². The maximum atomic E-state index is 7.80. The largest absolute Gasteiger partial charge is 0.466 e. The van der Waals surface area contributed by atoms with Gasteiger partial charge in [-0.25, -0.2) is 0 Å². The molecule has 0 saturated heterocycles. The number of benzene rings is 3. The molecule has 0 bridgehead atoms. The van der Waals surface area contributed by atoms with Crippen molar-refractivity contribution in [2.45, 2.75) is 270 Å². The summed E-state index contributed by atoms with van der Waals surface area (Å²) < 4.78 is 14.0. The second kappa shape index (κ2) is 23.9. The lowest BCUT2D eigenvalue weighted by Gasteiger charge is -2.44. The zero-order chi connectivity index (χ0) is 47.2. The van der Waals surface area contributed by atoms with Gasteiger partial charge in [0.25, 0.3) is 0 Å². The molecule has 4 saturated carbocycles. The lowest BCUT2D eigenvalue weighted by atomic mass is 9.79. The van der Waals surface area contributed by atoms with E-state index in [0.29, 0.717) is 42.3 Å². The topological polar surface area (TPSA) is 18.5 Å². The summed E-state index contributed by atoms with van der Waals surface area (Å²) in [4.78, 5) is 0. The van der Waals surface area contributed by atoms with Crippen LogP contribution in [-0.4, -0.2) is 36.5 Å². The van der Waals surface area contributed by atoms with Gasteiger partial charge in [0.2, 0.25) is 0 Å². The Bertz CT molecular complexity index is 1780. The van der Waals surface area contributed by atoms with E-state index in [1.54, 1.807) is 55.1 Å². The zero-order valence-electron chi connectivity index (χ0n) is 44.7. The molecule has 366 valence electrons. The molecule has 0 amide bonds. The Morgan fingerprint density at radius 2 is 0.667 bits per heavy atom. The molecular weight excluding hydrogens is 839 g/mol. The standard InChI is InChI=1S/C62H96O2P2/c1-40(2)46-34-52(42(5)6)58(53(35-46)43(7)8)56-38-57(59-54(44(9)10)36-47(41(3)4)37-55(59)45(11)12)62(66(50-30-22-16-23-31-50)51-32-24-17-25-33-51)60(64-39-63-13)61(56)65(48-26-18-14-19-27-48)49-28-20-15-21-29-49/h34-38,40-45,48-51H,14-33,39H2,1-13H3. The Morgan fingerprint density at radius 1 is 0.394 bits per heavy atom. The van der Waals surface area contributed by atoms with E-state index in [1.807, 2.05) is 7.11 Å². The molecule has 3 aromatic rings. The predicted octanol–water partition coefficient (Wildman–Crippen LogP) is 19.3. The second-order valence-electron chi connectivity index (χ2n) is 23.6. The van der Waals surface area contributed by atoms with Crippen LogP contribution >= 0.6 is 15.8 Å². The van der Waals surface area contributed by atoms with Crippen LogP contribution in [0.2, 0.25) is 0 Å². The fourth-order valence-corrected chi connectivity index (χ4v) is 21.2. The Hall–Kier alpha value is -1.72. The van der Waals surface area contributed by atoms with Crippen LogP contribution < -0.4 is 15.3 Å². The molecule has 0 atom stereocenters. The maximum absolute atomic E-state index is 7.80. The summed E-state index contributed by atoms with van der Waals surface area (Å²) in [6.45, 7) is 29.8. The molecule has 0 N–H and O–H groups in total. The third-order valence-corrected chi connectivity index (χ3v) is 23.9. The molecule has 0 aliphatic heterocycles. The smallest absolute Gasteiger partial charge is 0.188 e. The summed E-state index contributed by atoms with van der Waals surface area (Å²) in [5, 5.41) is 3.38. The van der Waals surface area contributed by atoms with Crippen molar-refractivity contribution >= 4 is 26.5 Å².